The molecule has 1 aromatic rings. The van der Waals surface area contributed by atoms with E-state index in [2.05, 4.69) is 0 Å². The third-order valence-corrected chi connectivity index (χ3v) is 5.47. The largest absolute Gasteiger partial charge is 0.494 e. The summed E-state index contributed by atoms with van der Waals surface area (Å²) in [5.41, 5.74) is 0.646. The average Bonchev–Trinajstić information content (AvgIpc) is 3.12. The first kappa shape index (κ1) is 29.9. The molecule has 0 radical (unpaired) electrons. The van der Waals surface area contributed by atoms with Crippen LogP contribution in [0.3, 0.4) is 0 Å². The van der Waals surface area contributed by atoms with Crippen LogP contribution < -0.4 is 4.74 Å². The van der Waals surface area contributed by atoms with E-state index in [-0.39, 0.29) is 37.9 Å². The van der Waals surface area contributed by atoms with Gasteiger partial charge in [-0.15, -0.1) is 0 Å². The number of amides is 2. The number of hydrogen-bond donors (Lipinski definition) is 4. The standard InChI is InChI=1S/C24H29N3O11/c28-19-6-7-20(29)27(19)8-1-9-38-18-4-2-16(3-5-18)10-17(26(14-23(34)35)15-24(36)37)11-25(12-21(30)31)13-22(32)33/h2-7,17H,1,8-15H2,(H,30,31)(H,32,33)(H,34,35)(H,36,37). The third-order valence-electron chi connectivity index (χ3n) is 5.47. The van der Waals surface area contributed by atoms with Crippen LogP contribution in [-0.4, -0.2) is 123 Å². The van der Waals surface area contributed by atoms with E-state index in [0.717, 1.165) is 14.7 Å². The van der Waals surface area contributed by atoms with Gasteiger partial charge in [-0.2, -0.15) is 0 Å². The highest BCUT2D eigenvalue weighted by Gasteiger charge is 2.27. The van der Waals surface area contributed by atoms with Gasteiger partial charge in [-0.3, -0.25) is 43.5 Å². The van der Waals surface area contributed by atoms with Crippen LogP contribution in [0.25, 0.3) is 0 Å². The van der Waals surface area contributed by atoms with Crippen LogP contribution in [0.5, 0.6) is 5.75 Å². The van der Waals surface area contributed by atoms with Gasteiger partial charge in [-0.05, 0) is 30.5 Å². The number of carboxylic acids is 4. The second-order valence-corrected chi connectivity index (χ2v) is 8.51. The minimum atomic E-state index is -1.30. The SMILES string of the molecule is O=C(O)CN(CC(=O)O)CC(Cc1ccc(OCCCN2C(=O)C=CC2=O)cc1)N(CC(=O)O)CC(=O)O. The van der Waals surface area contributed by atoms with E-state index in [1.54, 1.807) is 24.3 Å². The predicted molar refractivity (Wildman–Crippen MR) is 128 cm³/mol. The zero-order valence-corrected chi connectivity index (χ0v) is 20.4. The molecule has 14 heteroatoms. The van der Waals surface area contributed by atoms with Crippen LogP contribution in [0.15, 0.2) is 36.4 Å². The summed E-state index contributed by atoms with van der Waals surface area (Å²) in [6.45, 7) is -2.34. The molecule has 1 unspecified atom stereocenters. The van der Waals surface area contributed by atoms with E-state index in [9.17, 15) is 39.0 Å². The maximum absolute atomic E-state index is 11.6. The minimum absolute atomic E-state index is 0.1000. The van der Waals surface area contributed by atoms with E-state index >= 15 is 0 Å². The van der Waals surface area contributed by atoms with Crippen molar-refractivity contribution in [2.45, 2.75) is 18.9 Å². The maximum Gasteiger partial charge on any atom is 0.317 e. The van der Waals surface area contributed by atoms with Gasteiger partial charge in [0.1, 0.15) is 5.75 Å². The Labute approximate surface area is 217 Å². The maximum atomic E-state index is 11.6. The second-order valence-electron chi connectivity index (χ2n) is 8.51. The number of nitrogens with zero attached hydrogens (tertiary/aromatic N) is 3. The molecule has 1 heterocycles. The molecule has 0 aliphatic carbocycles. The van der Waals surface area contributed by atoms with E-state index in [0.29, 0.717) is 17.7 Å². The van der Waals surface area contributed by atoms with Gasteiger partial charge in [0, 0.05) is 31.3 Å². The monoisotopic (exact) mass is 535 g/mol. The smallest absolute Gasteiger partial charge is 0.317 e. The number of hydrogen-bond acceptors (Lipinski definition) is 9. The molecule has 2 amide bonds. The van der Waals surface area contributed by atoms with Crippen LogP contribution in [-0.2, 0) is 35.2 Å². The summed E-state index contributed by atoms with van der Waals surface area (Å²) < 4.78 is 5.63. The van der Waals surface area contributed by atoms with Crippen molar-refractivity contribution in [2.24, 2.45) is 0 Å². The summed E-state index contributed by atoms with van der Waals surface area (Å²) in [7, 11) is 0. The molecule has 0 bridgehead atoms. The Kier molecular flexibility index (Phi) is 11.4. The molecule has 2 rings (SSSR count). The molecular weight excluding hydrogens is 506 g/mol. The Balaban J connectivity index is 2.08. The van der Waals surface area contributed by atoms with E-state index < -0.39 is 56.1 Å². The number of aliphatic carboxylic acids is 4. The van der Waals surface area contributed by atoms with Gasteiger partial charge in [0.2, 0.25) is 0 Å². The van der Waals surface area contributed by atoms with Crippen molar-refractivity contribution in [3.63, 3.8) is 0 Å². The molecule has 0 spiro atoms. The number of ether oxygens (including phenoxy) is 1. The summed E-state index contributed by atoms with van der Waals surface area (Å²) in [4.78, 5) is 71.7. The first-order valence-corrected chi connectivity index (χ1v) is 11.5. The summed E-state index contributed by atoms with van der Waals surface area (Å²) in [5.74, 6) is -5.44. The predicted octanol–water partition coefficient (Wildman–Crippen LogP) is -0.766. The molecule has 0 saturated heterocycles. The normalized spacial score (nSPS) is 13.8. The first-order chi connectivity index (χ1) is 17.9. The molecule has 38 heavy (non-hydrogen) atoms. The number of carbonyl (C=O) groups is 6. The third kappa shape index (κ3) is 10.4. The highest BCUT2D eigenvalue weighted by atomic mass is 16.5. The van der Waals surface area contributed by atoms with Crippen molar-refractivity contribution in [2.75, 3.05) is 45.9 Å². The number of rotatable bonds is 18. The molecule has 0 aromatic heterocycles. The molecule has 1 atom stereocenters. The van der Waals surface area contributed by atoms with Gasteiger partial charge in [0.15, 0.2) is 0 Å². The first-order valence-electron chi connectivity index (χ1n) is 11.5. The molecule has 1 aliphatic heterocycles. The van der Waals surface area contributed by atoms with Gasteiger partial charge in [0.25, 0.3) is 11.8 Å². The minimum Gasteiger partial charge on any atom is -0.494 e. The fourth-order valence-electron chi connectivity index (χ4n) is 3.89. The molecular formula is C24H29N3O11. The van der Waals surface area contributed by atoms with Crippen molar-refractivity contribution >= 4 is 35.7 Å². The number of benzene rings is 1. The molecule has 206 valence electrons. The van der Waals surface area contributed by atoms with Crippen LogP contribution in [0, 0.1) is 0 Å². The fourth-order valence-corrected chi connectivity index (χ4v) is 3.89. The summed E-state index contributed by atoms with van der Waals surface area (Å²) >= 11 is 0. The highest BCUT2D eigenvalue weighted by Crippen LogP contribution is 2.17. The number of carbonyl (C=O) groups excluding carboxylic acids is 2. The van der Waals surface area contributed by atoms with Crippen molar-refractivity contribution in [3.8, 4) is 5.75 Å². The van der Waals surface area contributed by atoms with Gasteiger partial charge < -0.3 is 25.2 Å². The lowest BCUT2D eigenvalue weighted by molar-refractivity contribution is -0.146. The summed E-state index contributed by atoms with van der Waals surface area (Å²) in [6.07, 6.45) is 2.91. The van der Waals surface area contributed by atoms with Crippen molar-refractivity contribution in [1.29, 1.82) is 0 Å². The highest BCUT2D eigenvalue weighted by molar-refractivity contribution is 6.12. The lowest BCUT2D eigenvalue weighted by Crippen LogP contribution is -2.50. The fraction of sp³-hybridized carbons (Fsp3) is 0.417. The molecule has 1 aromatic carbocycles. The van der Waals surface area contributed by atoms with Crippen LogP contribution in [0.4, 0.5) is 0 Å². The van der Waals surface area contributed by atoms with Crippen LogP contribution in [0.1, 0.15) is 12.0 Å². The van der Waals surface area contributed by atoms with E-state index in [1.165, 1.54) is 12.2 Å². The topological polar surface area (TPSA) is 202 Å². The van der Waals surface area contributed by atoms with Crippen molar-refractivity contribution in [1.82, 2.24) is 14.7 Å². The van der Waals surface area contributed by atoms with E-state index in [4.69, 9.17) is 14.9 Å². The van der Waals surface area contributed by atoms with Crippen molar-refractivity contribution in [3.05, 3.63) is 42.0 Å². The summed E-state index contributed by atoms with van der Waals surface area (Å²) in [5, 5.41) is 36.8. The van der Waals surface area contributed by atoms with Gasteiger partial charge in [-0.25, -0.2) is 0 Å². The summed E-state index contributed by atoms with van der Waals surface area (Å²) in [6, 6.07) is 5.75. The lowest BCUT2D eigenvalue weighted by atomic mass is 10.0. The van der Waals surface area contributed by atoms with Gasteiger partial charge in [-0.1, -0.05) is 12.1 Å². The zero-order chi connectivity index (χ0) is 28.2. The van der Waals surface area contributed by atoms with Crippen molar-refractivity contribution < 1.29 is 53.9 Å². The van der Waals surface area contributed by atoms with Crippen LogP contribution >= 0.6 is 0 Å². The molecule has 0 saturated carbocycles. The Morgan fingerprint density at radius 3 is 1.76 bits per heavy atom. The average molecular weight is 536 g/mol. The Hall–Kier alpha value is -4.30. The van der Waals surface area contributed by atoms with Gasteiger partial charge in [0.05, 0.1) is 32.8 Å². The lowest BCUT2D eigenvalue weighted by Gasteiger charge is -2.33. The Bertz CT molecular complexity index is 1020. The molecule has 14 nitrogen and oxygen atoms in total. The second kappa shape index (κ2) is 14.4. The van der Waals surface area contributed by atoms with Crippen LogP contribution in [0.2, 0.25) is 0 Å². The number of carboxylic acid groups (broad SMARTS) is 4. The number of imide groups is 1. The Morgan fingerprint density at radius 1 is 0.789 bits per heavy atom. The molecule has 1 aliphatic rings. The van der Waals surface area contributed by atoms with Gasteiger partial charge >= 0.3 is 23.9 Å². The quantitative estimate of drug-likeness (QED) is 0.135. The Morgan fingerprint density at radius 2 is 1.29 bits per heavy atom. The molecule has 0 fully saturated rings. The molecule has 4 N–H and O–H groups in total. The zero-order valence-electron chi connectivity index (χ0n) is 20.4. The van der Waals surface area contributed by atoms with E-state index in [1.807, 2.05) is 0 Å².